The van der Waals surface area contributed by atoms with E-state index in [2.05, 4.69) is 4.72 Å². The summed E-state index contributed by atoms with van der Waals surface area (Å²) >= 11 is 1.57. The Balaban J connectivity index is 1.81. The van der Waals surface area contributed by atoms with Gasteiger partial charge in [0.1, 0.15) is 5.82 Å². The highest BCUT2D eigenvalue weighted by Gasteiger charge is 2.45. The molecule has 1 aromatic carbocycles. The largest absolute Gasteiger partial charge is 0.312 e. The average molecular weight is 308 g/mol. The molecule has 2 fully saturated rings. The number of anilines is 1. The topological polar surface area (TPSA) is 32.3 Å². The van der Waals surface area contributed by atoms with Crippen LogP contribution < -0.4 is 9.62 Å². The van der Waals surface area contributed by atoms with Gasteiger partial charge in [0.15, 0.2) is 0 Å². The summed E-state index contributed by atoms with van der Waals surface area (Å²) < 4.78 is 17.8. The first-order valence-corrected chi connectivity index (χ1v) is 8.75. The minimum Gasteiger partial charge on any atom is -0.312 e. The van der Waals surface area contributed by atoms with E-state index in [9.17, 15) is 9.18 Å². The highest BCUT2D eigenvalue weighted by molar-refractivity contribution is 7.96. The predicted molar refractivity (Wildman–Crippen MR) is 85.0 cm³/mol. The smallest absolute Gasteiger partial charge is 0.226 e. The lowest BCUT2D eigenvalue weighted by molar-refractivity contribution is -0.119. The number of nitrogens with one attached hydrogen (secondary N) is 1. The van der Waals surface area contributed by atoms with Gasteiger partial charge in [0.05, 0.1) is 0 Å². The van der Waals surface area contributed by atoms with Crippen LogP contribution >= 0.6 is 11.9 Å². The summed E-state index contributed by atoms with van der Waals surface area (Å²) in [6, 6.07) is 5.32. The lowest BCUT2D eigenvalue weighted by Gasteiger charge is -2.27. The fraction of sp³-hybridized carbons (Fsp3) is 0.562. The third kappa shape index (κ3) is 2.94. The van der Waals surface area contributed by atoms with Crippen molar-refractivity contribution in [1.82, 2.24) is 4.72 Å². The van der Waals surface area contributed by atoms with Crippen LogP contribution in [0.4, 0.5) is 10.1 Å². The number of carbonyl (C=O) groups excluding carboxylic acids is 1. The van der Waals surface area contributed by atoms with Gasteiger partial charge in [-0.15, -0.1) is 0 Å². The fourth-order valence-corrected chi connectivity index (χ4v) is 3.50. The van der Waals surface area contributed by atoms with Crippen LogP contribution in [0.1, 0.15) is 37.7 Å². The van der Waals surface area contributed by atoms with Crippen LogP contribution in [0.5, 0.6) is 0 Å². The summed E-state index contributed by atoms with van der Waals surface area (Å²) in [6.07, 6.45) is 6.55. The molecule has 114 valence electrons. The van der Waals surface area contributed by atoms with E-state index in [4.69, 9.17) is 0 Å². The van der Waals surface area contributed by atoms with E-state index in [0.29, 0.717) is 18.7 Å². The predicted octanol–water partition coefficient (Wildman–Crippen LogP) is 3.24. The minimum atomic E-state index is -0.175. The standard InChI is InChI=1S/C16H21FN2OS/c1-21-18-11-16(7-8-16)13-6-5-12(10-14(13)17)19-9-3-2-4-15(19)20/h5-6,10,18H,2-4,7-9,11H2,1H3. The van der Waals surface area contributed by atoms with E-state index in [1.54, 1.807) is 16.8 Å². The number of nitrogens with zero attached hydrogens (tertiary/aromatic N) is 1. The SMILES string of the molecule is CSNCC1(c2ccc(N3CCCCC3=O)cc2F)CC1. The Morgan fingerprint density at radius 1 is 1.38 bits per heavy atom. The van der Waals surface area contributed by atoms with Crippen molar-refractivity contribution in [2.75, 3.05) is 24.2 Å². The summed E-state index contributed by atoms with van der Waals surface area (Å²) in [6.45, 7) is 1.50. The molecule has 21 heavy (non-hydrogen) atoms. The Morgan fingerprint density at radius 3 is 2.81 bits per heavy atom. The molecule has 0 atom stereocenters. The molecule has 1 saturated carbocycles. The molecule has 2 aliphatic rings. The zero-order valence-electron chi connectivity index (χ0n) is 12.3. The molecular formula is C16H21FN2OS. The van der Waals surface area contributed by atoms with Crippen LogP contribution in [-0.2, 0) is 10.2 Å². The Kier molecular flexibility index (Phi) is 4.22. The van der Waals surface area contributed by atoms with Crippen LogP contribution in [0.2, 0.25) is 0 Å². The molecule has 1 amide bonds. The second-order valence-electron chi connectivity index (χ2n) is 5.97. The molecule has 0 radical (unpaired) electrons. The Morgan fingerprint density at radius 2 is 2.19 bits per heavy atom. The van der Waals surface area contributed by atoms with E-state index in [1.807, 2.05) is 18.4 Å². The first-order valence-electron chi connectivity index (χ1n) is 7.52. The maximum atomic E-state index is 14.5. The van der Waals surface area contributed by atoms with Gasteiger partial charge in [0.2, 0.25) is 5.91 Å². The van der Waals surface area contributed by atoms with Gasteiger partial charge in [0.25, 0.3) is 0 Å². The lowest BCUT2D eigenvalue weighted by atomic mass is 9.95. The van der Waals surface area contributed by atoms with Crippen LogP contribution in [0.15, 0.2) is 18.2 Å². The number of piperidine rings is 1. The molecule has 1 heterocycles. The normalized spacial score (nSPS) is 20.7. The monoisotopic (exact) mass is 308 g/mol. The van der Waals surface area contributed by atoms with Crippen molar-refractivity contribution in [3.05, 3.63) is 29.6 Å². The van der Waals surface area contributed by atoms with Crippen molar-refractivity contribution in [3.63, 3.8) is 0 Å². The summed E-state index contributed by atoms with van der Waals surface area (Å²) in [4.78, 5) is 13.7. The van der Waals surface area contributed by atoms with Gasteiger partial charge < -0.3 is 4.90 Å². The zero-order chi connectivity index (χ0) is 14.9. The van der Waals surface area contributed by atoms with Crippen molar-refractivity contribution >= 4 is 23.5 Å². The molecule has 3 rings (SSSR count). The molecule has 5 heteroatoms. The number of amides is 1. The summed E-state index contributed by atoms with van der Waals surface area (Å²) in [5, 5.41) is 0. The average Bonchev–Trinajstić information content (AvgIpc) is 3.26. The second kappa shape index (κ2) is 5.97. The fourth-order valence-electron chi connectivity index (χ4n) is 3.08. The van der Waals surface area contributed by atoms with Gasteiger partial charge in [-0.3, -0.25) is 9.52 Å². The van der Waals surface area contributed by atoms with Crippen LogP contribution in [0.25, 0.3) is 0 Å². The maximum Gasteiger partial charge on any atom is 0.226 e. The molecule has 1 aromatic rings. The number of hydrogen-bond acceptors (Lipinski definition) is 3. The summed E-state index contributed by atoms with van der Waals surface area (Å²) in [5.74, 6) is -0.0649. The number of carbonyl (C=O) groups is 1. The maximum absolute atomic E-state index is 14.5. The molecule has 1 N–H and O–H groups in total. The lowest BCUT2D eigenvalue weighted by Crippen LogP contribution is -2.35. The second-order valence-corrected chi connectivity index (χ2v) is 6.67. The summed E-state index contributed by atoms with van der Waals surface area (Å²) in [5.41, 5.74) is 1.45. The Labute approximate surface area is 129 Å². The van der Waals surface area contributed by atoms with Gasteiger partial charge in [-0.2, -0.15) is 0 Å². The van der Waals surface area contributed by atoms with Gasteiger partial charge >= 0.3 is 0 Å². The van der Waals surface area contributed by atoms with E-state index in [1.165, 1.54) is 6.07 Å². The molecule has 3 nitrogen and oxygen atoms in total. The van der Waals surface area contributed by atoms with Crippen LogP contribution in [0, 0.1) is 5.82 Å². The molecular weight excluding hydrogens is 287 g/mol. The molecule has 0 aromatic heterocycles. The molecule has 0 bridgehead atoms. The van der Waals surface area contributed by atoms with E-state index in [0.717, 1.165) is 37.8 Å². The number of hydrogen-bond donors (Lipinski definition) is 1. The van der Waals surface area contributed by atoms with E-state index < -0.39 is 0 Å². The Bertz CT molecular complexity index is 545. The van der Waals surface area contributed by atoms with Crippen molar-refractivity contribution in [1.29, 1.82) is 0 Å². The van der Waals surface area contributed by atoms with Gasteiger partial charge in [-0.1, -0.05) is 18.0 Å². The van der Waals surface area contributed by atoms with E-state index in [-0.39, 0.29) is 17.1 Å². The van der Waals surface area contributed by atoms with Crippen molar-refractivity contribution < 1.29 is 9.18 Å². The number of benzene rings is 1. The highest BCUT2D eigenvalue weighted by atomic mass is 32.2. The molecule has 0 spiro atoms. The zero-order valence-corrected chi connectivity index (χ0v) is 13.1. The Hall–Kier alpha value is -1.07. The highest BCUT2D eigenvalue weighted by Crippen LogP contribution is 2.49. The van der Waals surface area contributed by atoms with Gasteiger partial charge in [-0.05, 0) is 49.6 Å². The molecule has 1 saturated heterocycles. The van der Waals surface area contributed by atoms with Crippen molar-refractivity contribution in [2.45, 2.75) is 37.5 Å². The quantitative estimate of drug-likeness (QED) is 0.848. The molecule has 1 aliphatic carbocycles. The molecule has 0 unspecified atom stereocenters. The first kappa shape index (κ1) is 14.9. The third-order valence-electron chi connectivity index (χ3n) is 4.57. The van der Waals surface area contributed by atoms with Gasteiger partial charge in [-0.25, -0.2) is 4.39 Å². The van der Waals surface area contributed by atoms with Crippen molar-refractivity contribution in [3.8, 4) is 0 Å². The molecule has 1 aliphatic heterocycles. The first-order chi connectivity index (χ1) is 10.2. The number of rotatable bonds is 5. The third-order valence-corrected chi connectivity index (χ3v) is 5.00. The minimum absolute atomic E-state index is 0.0441. The summed E-state index contributed by atoms with van der Waals surface area (Å²) in [7, 11) is 0. The van der Waals surface area contributed by atoms with Gasteiger partial charge in [0, 0.05) is 30.6 Å². The van der Waals surface area contributed by atoms with Crippen LogP contribution in [-0.4, -0.2) is 25.3 Å². The van der Waals surface area contributed by atoms with Crippen molar-refractivity contribution in [2.24, 2.45) is 0 Å². The number of halogens is 1. The van der Waals surface area contributed by atoms with Crippen LogP contribution in [0.3, 0.4) is 0 Å². The van der Waals surface area contributed by atoms with E-state index >= 15 is 0 Å².